The zero-order valence-electron chi connectivity index (χ0n) is 10.7. The third-order valence-electron chi connectivity index (χ3n) is 2.54. The van der Waals surface area contributed by atoms with Crippen LogP contribution in [0.25, 0.3) is 0 Å². The zero-order chi connectivity index (χ0) is 14.6. The summed E-state index contributed by atoms with van der Waals surface area (Å²) < 4.78 is 0. The van der Waals surface area contributed by atoms with Crippen molar-refractivity contribution in [2.24, 2.45) is 0 Å². The minimum atomic E-state index is -1.23. The van der Waals surface area contributed by atoms with Gasteiger partial charge in [-0.25, -0.2) is 4.79 Å². The van der Waals surface area contributed by atoms with Crippen LogP contribution in [0, 0.1) is 10.1 Å². The molecular formula is C12H15N3O4. The van der Waals surface area contributed by atoms with Gasteiger partial charge in [-0.05, 0) is 23.8 Å². The number of carboxylic acid groups (broad SMARTS) is 1. The number of carboxylic acids is 1. The molecule has 0 amide bonds. The minimum absolute atomic E-state index is 0.0133. The van der Waals surface area contributed by atoms with Gasteiger partial charge in [-0.15, -0.1) is 6.58 Å². The second-order valence-electron chi connectivity index (χ2n) is 4.16. The SMILES string of the molecule is C=CCN(c1cnc([N+](=O)[O-])cc1C(=O)O)C(C)C. The highest BCUT2D eigenvalue weighted by Crippen LogP contribution is 2.25. The molecule has 0 fully saturated rings. The van der Waals surface area contributed by atoms with E-state index >= 15 is 0 Å². The predicted octanol–water partition coefficient (Wildman–Crippen LogP) is 2.09. The summed E-state index contributed by atoms with van der Waals surface area (Å²) in [5.41, 5.74) is 0.199. The van der Waals surface area contributed by atoms with Crippen molar-refractivity contribution in [2.45, 2.75) is 19.9 Å². The molecule has 0 aromatic carbocycles. The minimum Gasteiger partial charge on any atom is -0.478 e. The summed E-state index contributed by atoms with van der Waals surface area (Å²) in [6, 6.07) is 0.982. The van der Waals surface area contributed by atoms with Crippen LogP contribution in [0.1, 0.15) is 24.2 Å². The first-order valence-corrected chi connectivity index (χ1v) is 5.63. The number of pyridine rings is 1. The summed E-state index contributed by atoms with van der Waals surface area (Å²) in [5, 5.41) is 19.8. The molecule has 0 bridgehead atoms. The molecule has 1 heterocycles. The Morgan fingerprint density at radius 2 is 2.32 bits per heavy atom. The molecule has 102 valence electrons. The lowest BCUT2D eigenvalue weighted by atomic mass is 10.1. The van der Waals surface area contributed by atoms with E-state index in [-0.39, 0.29) is 11.6 Å². The molecule has 7 nitrogen and oxygen atoms in total. The number of carbonyl (C=O) groups is 1. The van der Waals surface area contributed by atoms with E-state index in [2.05, 4.69) is 11.6 Å². The number of nitrogens with zero attached hydrogens (tertiary/aromatic N) is 3. The van der Waals surface area contributed by atoms with Crippen LogP contribution in [0.2, 0.25) is 0 Å². The molecule has 0 aliphatic heterocycles. The van der Waals surface area contributed by atoms with Gasteiger partial charge in [-0.2, -0.15) is 0 Å². The fraction of sp³-hybridized carbons (Fsp3) is 0.333. The third kappa shape index (κ3) is 3.27. The molecule has 7 heteroatoms. The fourth-order valence-electron chi connectivity index (χ4n) is 1.66. The van der Waals surface area contributed by atoms with Gasteiger partial charge in [0.25, 0.3) is 0 Å². The fourth-order valence-corrected chi connectivity index (χ4v) is 1.66. The van der Waals surface area contributed by atoms with Crippen LogP contribution < -0.4 is 4.90 Å². The Hall–Kier alpha value is -2.44. The van der Waals surface area contributed by atoms with Crippen molar-refractivity contribution in [1.29, 1.82) is 0 Å². The van der Waals surface area contributed by atoms with E-state index < -0.39 is 16.7 Å². The van der Waals surface area contributed by atoms with Crippen molar-refractivity contribution in [3.63, 3.8) is 0 Å². The zero-order valence-corrected chi connectivity index (χ0v) is 10.7. The number of aromatic nitrogens is 1. The molecule has 0 aliphatic rings. The maximum absolute atomic E-state index is 11.2. The van der Waals surface area contributed by atoms with Crippen LogP contribution in [0.4, 0.5) is 11.5 Å². The Morgan fingerprint density at radius 3 is 2.74 bits per heavy atom. The van der Waals surface area contributed by atoms with Crippen LogP contribution in [-0.2, 0) is 0 Å². The van der Waals surface area contributed by atoms with E-state index in [4.69, 9.17) is 5.11 Å². The maximum atomic E-state index is 11.2. The lowest BCUT2D eigenvalue weighted by Crippen LogP contribution is -2.32. The Balaban J connectivity index is 3.36. The number of hydrogen-bond acceptors (Lipinski definition) is 5. The summed E-state index contributed by atoms with van der Waals surface area (Å²) in [7, 11) is 0. The largest absolute Gasteiger partial charge is 0.478 e. The highest BCUT2D eigenvalue weighted by atomic mass is 16.6. The molecule has 0 unspecified atom stereocenters. The smallest absolute Gasteiger partial charge is 0.364 e. The standard InChI is InChI=1S/C12H15N3O4/c1-4-5-14(8(2)3)10-7-13-11(15(18)19)6-9(10)12(16)17/h4,6-8H,1,5H2,2-3H3,(H,16,17). The molecule has 0 aliphatic carbocycles. The Labute approximate surface area is 110 Å². The van der Waals surface area contributed by atoms with E-state index in [1.807, 2.05) is 13.8 Å². The lowest BCUT2D eigenvalue weighted by molar-refractivity contribution is -0.389. The molecule has 1 rings (SSSR count). The lowest BCUT2D eigenvalue weighted by Gasteiger charge is -2.27. The molecule has 0 radical (unpaired) electrons. The topological polar surface area (TPSA) is 96.6 Å². The molecule has 0 atom stereocenters. The molecule has 1 N–H and O–H groups in total. The van der Waals surface area contributed by atoms with Gasteiger partial charge in [0.15, 0.2) is 6.20 Å². The van der Waals surface area contributed by atoms with Gasteiger partial charge in [-0.3, -0.25) is 0 Å². The average Bonchev–Trinajstić information content (AvgIpc) is 2.34. The summed E-state index contributed by atoms with van der Waals surface area (Å²) in [5.74, 6) is -1.71. The Bertz CT molecular complexity index is 514. The maximum Gasteiger partial charge on any atom is 0.364 e. The molecule has 0 spiro atoms. The molecule has 0 saturated heterocycles. The van der Waals surface area contributed by atoms with Crippen LogP contribution in [-0.4, -0.2) is 33.6 Å². The van der Waals surface area contributed by atoms with E-state index in [9.17, 15) is 14.9 Å². The molecular weight excluding hydrogens is 250 g/mol. The van der Waals surface area contributed by atoms with Gasteiger partial charge >= 0.3 is 11.8 Å². The molecule has 1 aromatic heterocycles. The van der Waals surface area contributed by atoms with Gasteiger partial charge < -0.3 is 20.1 Å². The number of hydrogen-bond donors (Lipinski definition) is 1. The van der Waals surface area contributed by atoms with Gasteiger partial charge in [0.1, 0.15) is 0 Å². The molecule has 1 aromatic rings. The van der Waals surface area contributed by atoms with Crippen molar-refractivity contribution in [2.75, 3.05) is 11.4 Å². The summed E-state index contributed by atoms with van der Waals surface area (Å²) in [6.07, 6.45) is 2.85. The van der Waals surface area contributed by atoms with Gasteiger partial charge in [0.2, 0.25) is 0 Å². The molecule has 19 heavy (non-hydrogen) atoms. The van der Waals surface area contributed by atoms with Crippen LogP contribution >= 0.6 is 0 Å². The van der Waals surface area contributed by atoms with Crippen molar-refractivity contribution < 1.29 is 14.8 Å². The van der Waals surface area contributed by atoms with Gasteiger partial charge in [-0.1, -0.05) is 6.08 Å². The van der Waals surface area contributed by atoms with E-state index in [0.717, 1.165) is 6.07 Å². The highest BCUT2D eigenvalue weighted by molar-refractivity contribution is 5.95. The third-order valence-corrected chi connectivity index (χ3v) is 2.54. The second kappa shape index (κ2) is 5.94. The van der Waals surface area contributed by atoms with Crippen molar-refractivity contribution in [3.05, 3.63) is 40.6 Å². The Kier molecular flexibility index (Phi) is 4.57. The normalized spacial score (nSPS) is 10.3. The average molecular weight is 265 g/mol. The van der Waals surface area contributed by atoms with Crippen LogP contribution in [0.5, 0.6) is 0 Å². The number of aromatic carboxylic acids is 1. The van der Waals surface area contributed by atoms with Crippen LogP contribution in [0.3, 0.4) is 0 Å². The first-order chi connectivity index (χ1) is 8.88. The number of nitro groups is 1. The van der Waals surface area contributed by atoms with Gasteiger partial charge in [0, 0.05) is 12.6 Å². The van der Waals surface area contributed by atoms with Crippen molar-refractivity contribution in [1.82, 2.24) is 4.98 Å². The number of rotatable bonds is 6. The van der Waals surface area contributed by atoms with E-state index in [1.165, 1.54) is 6.20 Å². The van der Waals surface area contributed by atoms with Crippen molar-refractivity contribution >= 4 is 17.5 Å². The number of anilines is 1. The molecule has 0 saturated carbocycles. The Morgan fingerprint density at radius 1 is 1.68 bits per heavy atom. The van der Waals surface area contributed by atoms with E-state index in [0.29, 0.717) is 12.2 Å². The monoisotopic (exact) mass is 265 g/mol. The van der Waals surface area contributed by atoms with Crippen molar-refractivity contribution in [3.8, 4) is 0 Å². The van der Waals surface area contributed by atoms with Crippen LogP contribution in [0.15, 0.2) is 24.9 Å². The first kappa shape index (κ1) is 14.6. The second-order valence-corrected chi connectivity index (χ2v) is 4.16. The van der Waals surface area contributed by atoms with E-state index in [1.54, 1.807) is 11.0 Å². The quantitative estimate of drug-likeness (QED) is 0.480. The predicted molar refractivity (Wildman–Crippen MR) is 70.5 cm³/mol. The summed E-state index contributed by atoms with van der Waals surface area (Å²) in [4.78, 5) is 26.6. The van der Waals surface area contributed by atoms with Gasteiger partial charge in [0.05, 0.1) is 17.3 Å². The highest BCUT2D eigenvalue weighted by Gasteiger charge is 2.23. The summed E-state index contributed by atoms with van der Waals surface area (Å²) >= 11 is 0. The summed E-state index contributed by atoms with van der Waals surface area (Å²) in [6.45, 7) is 7.81. The first-order valence-electron chi connectivity index (χ1n) is 5.63.